The number of fused-ring (bicyclic) bond motifs is 4. The van der Waals surface area contributed by atoms with Gasteiger partial charge < -0.3 is 124 Å². The fourth-order valence-electron chi connectivity index (χ4n) is 19.2. The molecule has 14 N–H and O–H groups in total. The van der Waals surface area contributed by atoms with Gasteiger partial charge in [0.15, 0.2) is 37.6 Å². The quantitative estimate of drug-likeness (QED) is 0.0508. The van der Waals surface area contributed by atoms with E-state index in [1.165, 1.54) is 6.92 Å². The maximum Gasteiger partial charge on any atom is 0.335 e. The van der Waals surface area contributed by atoms with Crippen molar-refractivity contribution in [2.45, 2.75) is 300 Å². The Morgan fingerprint density at radius 2 is 1.16 bits per heavy atom. The summed E-state index contributed by atoms with van der Waals surface area (Å²) in [7, 11) is 0. The summed E-state index contributed by atoms with van der Waals surface area (Å²) < 4.78 is 69.7. The molecule has 92 heavy (non-hydrogen) atoms. The molecule has 10 fully saturated rings. The van der Waals surface area contributed by atoms with E-state index in [1.54, 1.807) is 26.8 Å². The monoisotopic (exact) mass is 1320 g/mol. The third-order valence-electron chi connectivity index (χ3n) is 25.0. The topological polar surface area (TPSA) is 436 Å². The molecule has 5 aliphatic heterocycles. The van der Waals surface area contributed by atoms with Gasteiger partial charge in [-0.15, -0.1) is 0 Å². The number of carbonyl (C=O) groups is 3. The Morgan fingerprint density at radius 1 is 0.598 bits per heavy atom. The molecule has 10 aliphatic rings. The van der Waals surface area contributed by atoms with Crippen LogP contribution in [0.2, 0.25) is 0 Å². The summed E-state index contributed by atoms with van der Waals surface area (Å²) in [5, 5.41) is 157. The lowest BCUT2D eigenvalue weighted by atomic mass is 9.30. The van der Waals surface area contributed by atoms with Crippen LogP contribution in [0.25, 0.3) is 0 Å². The molecule has 0 aromatic carbocycles. The number of hydrogen-bond acceptors (Lipinski definition) is 27. The van der Waals surface area contributed by atoms with E-state index in [0.717, 1.165) is 0 Å². The lowest BCUT2D eigenvalue weighted by molar-refractivity contribution is -0.406. The Hall–Kier alpha value is -2.73. The number of allylic oxidation sites excluding steroid dienone is 1. The maximum atomic E-state index is 14.3. The highest BCUT2D eigenvalue weighted by atomic mass is 16.8. The Kier molecular flexibility index (Phi) is 20.2. The molecule has 28 nitrogen and oxygen atoms in total. The number of carboxylic acid groups (broad SMARTS) is 1. The number of aliphatic hydroxyl groups excluding tert-OH is 13. The number of carboxylic acids is 1. The van der Waals surface area contributed by atoms with Crippen molar-refractivity contribution < 1.29 is 138 Å². The van der Waals surface area contributed by atoms with Crippen molar-refractivity contribution in [2.75, 3.05) is 13.2 Å². The van der Waals surface area contributed by atoms with Gasteiger partial charge in [0.25, 0.3) is 0 Å². The predicted octanol–water partition coefficient (Wildman–Crippen LogP) is -0.857. The molecule has 0 aromatic rings. The summed E-state index contributed by atoms with van der Waals surface area (Å²) in [5.41, 5.74) is -6.05. The molecule has 10 rings (SSSR count). The number of rotatable bonds is 16. The fourth-order valence-corrected chi connectivity index (χ4v) is 19.2. The molecule has 1 spiro atoms. The molecule has 34 atom stereocenters. The van der Waals surface area contributed by atoms with Crippen LogP contribution in [0, 0.1) is 56.2 Å². The van der Waals surface area contributed by atoms with Crippen molar-refractivity contribution in [3.63, 3.8) is 0 Å². The minimum absolute atomic E-state index is 0.0750. The lowest BCUT2D eigenvalue weighted by Crippen LogP contribution is -2.77. The smallest absolute Gasteiger partial charge is 0.335 e. The minimum atomic E-state index is -2.30. The van der Waals surface area contributed by atoms with Gasteiger partial charge >= 0.3 is 17.9 Å². The highest BCUT2D eigenvalue weighted by molar-refractivity contribution is 5.87. The molecule has 0 amide bonds. The number of hydrogen-bond donors (Lipinski definition) is 14. The van der Waals surface area contributed by atoms with E-state index in [1.807, 2.05) is 34.6 Å². The first-order valence-electron chi connectivity index (χ1n) is 32.8. The number of carbonyl (C=O) groups excluding carboxylic acids is 2. The molecule has 5 saturated heterocycles. The van der Waals surface area contributed by atoms with Crippen LogP contribution in [0.3, 0.4) is 0 Å². The number of aliphatic carboxylic acids is 1. The van der Waals surface area contributed by atoms with Crippen LogP contribution in [-0.4, -0.2) is 262 Å². The highest BCUT2D eigenvalue weighted by Gasteiger charge is 2.86. The molecule has 526 valence electrons. The van der Waals surface area contributed by atoms with Gasteiger partial charge in [-0.25, -0.2) is 9.59 Å². The summed E-state index contributed by atoms with van der Waals surface area (Å²) in [6.07, 6.45) is -38.9. The van der Waals surface area contributed by atoms with Crippen molar-refractivity contribution in [1.29, 1.82) is 0 Å². The van der Waals surface area contributed by atoms with Crippen molar-refractivity contribution in [1.82, 2.24) is 0 Å². The zero-order chi connectivity index (χ0) is 67.8. The van der Waals surface area contributed by atoms with E-state index in [0.29, 0.717) is 50.5 Å². The van der Waals surface area contributed by atoms with Crippen LogP contribution in [0.5, 0.6) is 0 Å². The van der Waals surface area contributed by atoms with E-state index in [4.69, 9.17) is 52.1 Å². The van der Waals surface area contributed by atoms with Crippen LogP contribution < -0.4 is 0 Å². The Balaban J connectivity index is 0.996. The molecular formula is C64H102O28. The van der Waals surface area contributed by atoms with E-state index in [9.17, 15) is 85.9 Å². The SMILES string of the molecule is C/C=C(/C)C(=O)O[C@H]1[C@H](O)C(C)(C)C[C@@H]2[C@]13[C@@H](O)O[C@@]21CC[C@@H]2[C@@]4(C)CC[C@H](O[C@@H]5O[C@H](C(=O)O)[C@@H](O)[C@H](O[C@@H]6O[C@H](CO)[C@H](O)[C@H](O)[C@H]6O[C@@H]6O[C@@H](C)[C@H](O)[C@@H](O)[C@H]6O)[C@H]5O[C@@H]5O[C@H](CO)[C@H](O)[C@H](O)[C@H]5O)C(C)(C)[C@@H]4CC[C@@]2(C)[C@]1(C)C[C@H]3OC(=O)C(C)CC. The molecule has 2 bridgehead atoms. The largest absolute Gasteiger partial charge is 0.479 e. The second-order valence-corrected chi connectivity index (χ2v) is 30.4. The van der Waals surface area contributed by atoms with Gasteiger partial charge in [-0.3, -0.25) is 4.79 Å². The van der Waals surface area contributed by atoms with Crippen LogP contribution in [0.15, 0.2) is 11.6 Å². The zero-order valence-electron chi connectivity index (χ0n) is 54.6. The average molecular weight is 1320 g/mol. The summed E-state index contributed by atoms with van der Waals surface area (Å²) in [5.74, 6) is -4.28. The van der Waals surface area contributed by atoms with E-state index in [-0.39, 0.29) is 24.7 Å². The van der Waals surface area contributed by atoms with Gasteiger partial charge in [0.05, 0.1) is 43.0 Å². The number of aliphatic hydroxyl groups is 13. The molecule has 5 saturated carbocycles. The van der Waals surface area contributed by atoms with Crippen LogP contribution in [0.1, 0.15) is 141 Å². The zero-order valence-corrected chi connectivity index (χ0v) is 54.6. The second-order valence-electron chi connectivity index (χ2n) is 30.4. The number of esters is 2. The van der Waals surface area contributed by atoms with Crippen molar-refractivity contribution >= 4 is 17.9 Å². The van der Waals surface area contributed by atoms with Crippen LogP contribution >= 0.6 is 0 Å². The Labute approximate surface area is 535 Å². The summed E-state index contributed by atoms with van der Waals surface area (Å²) in [6.45, 7) is 21.0. The number of ether oxygens (including phenoxy) is 11. The summed E-state index contributed by atoms with van der Waals surface area (Å²) in [4.78, 5) is 41.6. The second kappa shape index (κ2) is 25.8. The average Bonchev–Trinajstić information content (AvgIpc) is 1.37. The molecular weight excluding hydrogens is 1220 g/mol. The van der Waals surface area contributed by atoms with Gasteiger partial charge in [0.2, 0.25) is 0 Å². The molecule has 1 unspecified atom stereocenters. The van der Waals surface area contributed by atoms with Gasteiger partial charge in [0.1, 0.15) is 103 Å². The first-order valence-corrected chi connectivity index (χ1v) is 32.8. The van der Waals surface area contributed by atoms with Crippen molar-refractivity contribution in [3.8, 4) is 0 Å². The molecule has 28 heteroatoms. The van der Waals surface area contributed by atoms with Gasteiger partial charge in [0, 0.05) is 16.9 Å². The molecule has 5 aliphatic carbocycles. The summed E-state index contributed by atoms with van der Waals surface area (Å²) >= 11 is 0. The predicted molar refractivity (Wildman–Crippen MR) is 312 cm³/mol. The first-order chi connectivity index (χ1) is 42.9. The lowest BCUT2D eigenvalue weighted by Gasteiger charge is -2.75. The molecule has 0 aromatic heterocycles. The van der Waals surface area contributed by atoms with E-state index < -0.39 is 235 Å². The third-order valence-corrected chi connectivity index (χ3v) is 25.0. The minimum Gasteiger partial charge on any atom is -0.479 e. The Bertz CT molecular complexity index is 2700. The van der Waals surface area contributed by atoms with Gasteiger partial charge in [-0.2, -0.15) is 0 Å². The van der Waals surface area contributed by atoms with Crippen molar-refractivity contribution in [2.24, 2.45) is 56.2 Å². The van der Waals surface area contributed by atoms with E-state index >= 15 is 0 Å². The molecule has 0 radical (unpaired) electrons. The summed E-state index contributed by atoms with van der Waals surface area (Å²) in [6, 6.07) is 0. The van der Waals surface area contributed by atoms with Crippen LogP contribution in [0.4, 0.5) is 0 Å². The normalized spacial score (nSPS) is 52.5. The molecule has 5 heterocycles. The highest BCUT2D eigenvalue weighted by Crippen LogP contribution is 2.82. The standard InChI is InChI=1S/C64H102O28/c1-13-25(3)51(79)85-34-22-62(12)61(11)19-15-30-59(8,9)33(17-18-60(30,10)31(61)16-20-63(62)32-21-58(6,7)48(76)49(64(32,34)57(81)92-63)91-52(80)26(4)14-2)86-56-47(90-54-42(74)39(71)36(68)28(23-65)83-54)44(43(75)45(88-56)50(77)78)87-55-46(40(72)37(69)29(24-66)84-55)89-53-41(73)38(70)35(67)27(5)82-53/h14,25,27-49,53-57,65-76,81H,13,15-24H2,1-12H3,(H,77,78)/b26-14-/t25?,27-,28+,29+,30-,31+,32-,33-,34+,35-,36-,37-,38+,39-,40-,41+,42+,43-,44-,45-,46+,47+,48-,49-,53-,54-,55-,56+,57-,60-,61+,62-,63-,64+/m0/s1. The Morgan fingerprint density at radius 3 is 1.77 bits per heavy atom. The fraction of sp³-hybridized carbons (Fsp3) is 0.922. The third kappa shape index (κ3) is 11.1. The first kappa shape index (κ1) is 72.0. The van der Waals surface area contributed by atoms with Crippen molar-refractivity contribution in [3.05, 3.63) is 11.6 Å². The van der Waals surface area contributed by atoms with E-state index in [2.05, 4.69) is 20.8 Å². The maximum absolute atomic E-state index is 14.3. The van der Waals surface area contributed by atoms with Crippen LogP contribution in [-0.2, 0) is 66.5 Å². The van der Waals surface area contributed by atoms with Gasteiger partial charge in [-0.05, 0) is 112 Å². The van der Waals surface area contributed by atoms with Gasteiger partial charge in [-0.1, -0.05) is 68.4 Å².